The first-order valence-electron chi connectivity index (χ1n) is 6.24. The van der Waals surface area contributed by atoms with Gasteiger partial charge >= 0.3 is 5.97 Å². The number of amides is 1. The fraction of sp³-hybridized carbons (Fsp3) is 0.214. The van der Waals surface area contributed by atoms with Crippen LogP contribution >= 0.6 is 11.3 Å². The zero-order chi connectivity index (χ0) is 15.4. The Morgan fingerprint density at radius 1 is 1.48 bits per heavy atom. The first kappa shape index (κ1) is 15.0. The van der Waals surface area contributed by atoms with Gasteiger partial charge in [0, 0.05) is 6.20 Å². The summed E-state index contributed by atoms with van der Waals surface area (Å²) < 4.78 is 4.94. The van der Waals surface area contributed by atoms with Crippen molar-refractivity contribution in [1.29, 1.82) is 0 Å². The monoisotopic (exact) mass is 306 g/mol. The molecule has 0 aromatic carbocycles. The summed E-state index contributed by atoms with van der Waals surface area (Å²) in [6, 6.07) is 3.10. The van der Waals surface area contributed by atoms with E-state index >= 15 is 0 Å². The third-order valence-electron chi connectivity index (χ3n) is 2.66. The number of nitrogens with one attached hydrogen (secondary N) is 1. The lowest BCUT2D eigenvalue weighted by atomic mass is 10.2. The Bertz CT molecular complexity index is 681. The summed E-state index contributed by atoms with van der Waals surface area (Å²) in [6.07, 6.45) is 2.61. The van der Waals surface area contributed by atoms with Crippen LogP contribution in [0, 0.1) is 6.92 Å². The fourth-order valence-corrected chi connectivity index (χ4v) is 2.66. The molecule has 110 valence electrons. The van der Waals surface area contributed by atoms with Gasteiger partial charge in [-0.3, -0.25) is 9.78 Å². The Hall–Kier alpha value is -2.41. The summed E-state index contributed by atoms with van der Waals surface area (Å²) in [5, 5.41) is 12.7. The molecule has 0 aliphatic heterocycles. The molecule has 2 aromatic rings. The summed E-state index contributed by atoms with van der Waals surface area (Å²) in [4.78, 5) is 27.9. The van der Waals surface area contributed by atoms with Crippen molar-refractivity contribution in [2.75, 3.05) is 11.9 Å². The van der Waals surface area contributed by atoms with Gasteiger partial charge in [-0.25, -0.2) is 4.79 Å². The van der Waals surface area contributed by atoms with Crippen LogP contribution in [-0.4, -0.2) is 28.6 Å². The van der Waals surface area contributed by atoms with E-state index in [0.29, 0.717) is 16.5 Å². The number of ether oxygens (including phenoxy) is 1. The van der Waals surface area contributed by atoms with Crippen LogP contribution < -0.4 is 5.32 Å². The molecule has 0 saturated carbocycles. The standard InChI is InChI=1S/C14H14N2O4S/c1-3-20-14(19)12-8(2)6-11(21-12)16-13(18)9-4-5-15-7-10(9)17/h4-7,17H,3H2,1-2H3,(H,16,18). The number of thiophene rings is 1. The molecule has 2 heterocycles. The number of aromatic hydroxyl groups is 1. The first-order chi connectivity index (χ1) is 10.0. The van der Waals surface area contributed by atoms with E-state index in [-0.39, 0.29) is 11.3 Å². The summed E-state index contributed by atoms with van der Waals surface area (Å²) in [7, 11) is 0. The number of rotatable bonds is 4. The van der Waals surface area contributed by atoms with Crippen LogP contribution in [0.25, 0.3) is 0 Å². The van der Waals surface area contributed by atoms with E-state index in [2.05, 4.69) is 10.3 Å². The Labute approximate surface area is 125 Å². The van der Waals surface area contributed by atoms with E-state index in [1.165, 1.54) is 18.5 Å². The zero-order valence-corrected chi connectivity index (χ0v) is 12.4. The molecule has 21 heavy (non-hydrogen) atoms. The van der Waals surface area contributed by atoms with Crippen molar-refractivity contribution in [3.8, 4) is 5.75 Å². The lowest BCUT2D eigenvalue weighted by Crippen LogP contribution is -2.11. The van der Waals surface area contributed by atoms with Crippen molar-refractivity contribution in [2.45, 2.75) is 13.8 Å². The molecule has 2 rings (SSSR count). The first-order valence-corrected chi connectivity index (χ1v) is 7.06. The van der Waals surface area contributed by atoms with E-state index in [9.17, 15) is 14.7 Å². The molecule has 7 heteroatoms. The Morgan fingerprint density at radius 3 is 2.90 bits per heavy atom. The van der Waals surface area contributed by atoms with Gasteiger partial charge in [0.15, 0.2) is 0 Å². The van der Waals surface area contributed by atoms with Gasteiger partial charge in [0.1, 0.15) is 10.6 Å². The number of carbonyl (C=O) groups is 2. The largest absolute Gasteiger partial charge is 0.505 e. The molecular formula is C14H14N2O4S. The van der Waals surface area contributed by atoms with Crippen molar-refractivity contribution >= 4 is 28.2 Å². The molecule has 0 fully saturated rings. The second-order valence-corrected chi connectivity index (χ2v) is 5.24. The van der Waals surface area contributed by atoms with Crippen LogP contribution in [0.3, 0.4) is 0 Å². The van der Waals surface area contributed by atoms with Crippen molar-refractivity contribution in [2.24, 2.45) is 0 Å². The van der Waals surface area contributed by atoms with Gasteiger partial charge in [0.25, 0.3) is 5.91 Å². The molecule has 0 bridgehead atoms. The van der Waals surface area contributed by atoms with Crippen LogP contribution in [0.1, 0.15) is 32.5 Å². The smallest absolute Gasteiger partial charge is 0.348 e. The van der Waals surface area contributed by atoms with Gasteiger partial charge < -0.3 is 15.2 Å². The number of aryl methyl sites for hydroxylation is 1. The van der Waals surface area contributed by atoms with Gasteiger partial charge in [-0.05, 0) is 31.5 Å². The predicted molar refractivity (Wildman–Crippen MR) is 78.9 cm³/mol. The maximum absolute atomic E-state index is 12.0. The fourth-order valence-electron chi connectivity index (χ4n) is 1.70. The van der Waals surface area contributed by atoms with Gasteiger partial charge in [-0.1, -0.05) is 0 Å². The lowest BCUT2D eigenvalue weighted by molar-refractivity contribution is 0.0531. The number of anilines is 1. The highest BCUT2D eigenvalue weighted by molar-refractivity contribution is 7.18. The number of hydrogen-bond acceptors (Lipinski definition) is 6. The predicted octanol–water partition coefficient (Wildman–Crippen LogP) is 2.59. The molecule has 0 saturated heterocycles. The van der Waals surface area contributed by atoms with Gasteiger partial charge in [0.05, 0.1) is 23.4 Å². The lowest BCUT2D eigenvalue weighted by Gasteiger charge is -2.03. The summed E-state index contributed by atoms with van der Waals surface area (Å²) >= 11 is 1.13. The molecule has 0 spiro atoms. The number of aromatic nitrogens is 1. The number of pyridine rings is 1. The molecule has 0 atom stereocenters. The van der Waals surface area contributed by atoms with Crippen molar-refractivity contribution in [3.05, 3.63) is 40.5 Å². The van der Waals surface area contributed by atoms with Gasteiger partial charge in [-0.15, -0.1) is 11.3 Å². The molecule has 2 N–H and O–H groups in total. The third-order valence-corrected chi connectivity index (χ3v) is 3.79. The Kier molecular flexibility index (Phi) is 4.54. The van der Waals surface area contributed by atoms with Crippen LogP contribution in [0.2, 0.25) is 0 Å². The Morgan fingerprint density at radius 2 is 2.24 bits per heavy atom. The number of esters is 1. The highest BCUT2D eigenvalue weighted by Gasteiger charge is 2.17. The topological polar surface area (TPSA) is 88.5 Å². The summed E-state index contributed by atoms with van der Waals surface area (Å²) in [6.45, 7) is 3.79. The molecule has 0 aliphatic rings. The summed E-state index contributed by atoms with van der Waals surface area (Å²) in [5.41, 5.74) is 0.849. The minimum absolute atomic E-state index is 0.119. The van der Waals surface area contributed by atoms with Crippen molar-refractivity contribution in [1.82, 2.24) is 4.98 Å². The molecule has 1 amide bonds. The highest BCUT2D eigenvalue weighted by Crippen LogP contribution is 2.28. The van der Waals surface area contributed by atoms with Crippen LogP contribution in [0.4, 0.5) is 5.00 Å². The minimum Gasteiger partial charge on any atom is -0.505 e. The van der Waals surface area contributed by atoms with Crippen molar-refractivity contribution < 1.29 is 19.4 Å². The Balaban J connectivity index is 2.17. The van der Waals surface area contributed by atoms with Crippen LogP contribution in [-0.2, 0) is 4.74 Å². The molecular weight excluding hydrogens is 292 g/mol. The van der Waals surface area contributed by atoms with Gasteiger partial charge in [-0.2, -0.15) is 0 Å². The number of hydrogen-bond donors (Lipinski definition) is 2. The SMILES string of the molecule is CCOC(=O)c1sc(NC(=O)c2ccncc2O)cc1C. The van der Waals surface area contributed by atoms with Crippen molar-refractivity contribution in [3.63, 3.8) is 0 Å². The second kappa shape index (κ2) is 6.36. The van der Waals surface area contributed by atoms with E-state index < -0.39 is 11.9 Å². The second-order valence-electron chi connectivity index (χ2n) is 4.19. The number of nitrogens with zero attached hydrogens (tertiary/aromatic N) is 1. The third kappa shape index (κ3) is 3.38. The maximum atomic E-state index is 12.0. The quantitative estimate of drug-likeness (QED) is 0.848. The molecule has 6 nitrogen and oxygen atoms in total. The maximum Gasteiger partial charge on any atom is 0.348 e. The highest BCUT2D eigenvalue weighted by atomic mass is 32.1. The average Bonchev–Trinajstić information content (AvgIpc) is 2.80. The normalized spacial score (nSPS) is 10.2. The van der Waals surface area contributed by atoms with Gasteiger partial charge in [0.2, 0.25) is 0 Å². The van der Waals surface area contributed by atoms with Crippen LogP contribution in [0.5, 0.6) is 5.75 Å². The zero-order valence-electron chi connectivity index (χ0n) is 11.5. The van der Waals surface area contributed by atoms with Crippen LogP contribution in [0.15, 0.2) is 24.5 Å². The van der Waals surface area contributed by atoms with E-state index in [1.54, 1.807) is 19.9 Å². The van der Waals surface area contributed by atoms with E-state index in [0.717, 1.165) is 16.9 Å². The molecule has 0 radical (unpaired) electrons. The molecule has 0 aliphatic carbocycles. The summed E-state index contributed by atoms with van der Waals surface area (Å²) in [5.74, 6) is -1.08. The van der Waals surface area contributed by atoms with E-state index in [1.807, 2.05) is 0 Å². The molecule has 0 unspecified atom stereocenters. The average molecular weight is 306 g/mol. The number of carbonyl (C=O) groups excluding carboxylic acids is 2. The molecule has 2 aromatic heterocycles. The van der Waals surface area contributed by atoms with E-state index in [4.69, 9.17) is 4.74 Å². The minimum atomic E-state index is -0.466.